The first kappa shape index (κ1) is 7.17. The molecule has 1 aromatic rings. The lowest BCUT2D eigenvalue weighted by atomic mass is 10.1. The van der Waals surface area contributed by atoms with Gasteiger partial charge in [-0.25, -0.2) is 0 Å². The summed E-state index contributed by atoms with van der Waals surface area (Å²) in [7, 11) is 0. The number of hydrogen-bond donors (Lipinski definition) is 0. The average molecular weight is 157 g/mol. The van der Waals surface area contributed by atoms with Crippen molar-refractivity contribution >= 4 is 6.08 Å². The van der Waals surface area contributed by atoms with Gasteiger partial charge in [-0.15, -0.1) is 0 Å². The highest BCUT2D eigenvalue weighted by Crippen LogP contribution is 2.18. The first-order valence-electron chi connectivity index (χ1n) is 4.04. The quantitative estimate of drug-likeness (QED) is 0.605. The molecule has 0 unspecified atom stereocenters. The summed E-state index contributed by atoms with van der Waals surface area (Å²) >= 11 is 0. The van der Waals surface area contributed by atoms with E-state index >= 15 is 0 Å². The molecule has 1 heteroatoms. The zero-order chi connectivity index (χ0) is 8.39. The summed E-state index contributed by atoms with van der Waals surface area (Å²) in [6.45, 7) is 4.67. The van der Waals surface area contributed by atoms with E-state index in [0.29, 0.717) is 0 Å². The summed E-state index contributed by atoms with van der Waals surface area (Å²) in [5.74, 6) is 0. The Labute approximate surface area is 72.6 Å². The Kier molecular flexibility index (Phi) is 1.71. The maximum absolute atomic E-state index is 3.73. The molecule has 0 N–H and O–H groups in total. The van der Waals surface area contributed by atoms with Crippen molar-refractivity contribution in [2.75, 3.05) is 0 Å². The van der Waals surface area contributed by atoms with Crippen molar-refractivity contribution in [2.24, 2.45) is 0 Å². The first-order chi connectivity index (χ1) is 5.90. The lowest BCUT2D eigenvalue weighted by Gasteiger charge is -2.20. The van der Waals surface area contributed by atoms with Crippen LogP contribution in [0.15, 0.2) is 43.2 Å². The lowest BCUT2D eigenvalue weighted by Crippen LogP contribution is -2.12. The van der Waals surface area contributed by atoms with Gasteiger partial charge in [0, 0.05) is 12.7 Å². The van der Waals surface area contributed by atoms with Crippen LogP contribution in [-0.2, 0) is 6.54 Å². The Bertz CT molecular complexity index is 326. The normalized spacial score (nSPS) is 14.2. The highest BCUT2D eigenvalue weighted by Gasteiger charge is 2.05. The molecule has 12 heavy (non-hydrogen) atoms. The Balaban J connectivity index is 2.39. The number of rotatable bonds is 1. The monoisotopic (exact) mass is 157 g/mol. The maximum Gasteiger partial charge on any atom is 0.0475 e. The molecule has 0 spiro atoms. The Morgan fingerprint density at radius 2 is 2.17 bits per heavy atom. The second kappa shape index (κ2) is 2.86. The van der Waals surface area contributed by atoms with Crippen LogP contribution >= 0.6 is 0 Å². The van der Waals surface area contributed by atoms with Crippen LogP contribution in [0.2, 0.25) is 0 Å². The molecule has 1 aromatic carbocycles. The minimum absolute atomic E-state index is 0.941. The zero-order valence-corrected chi connectivity index (χ0v) is 6.90. The molecule has 1 nitrogen and oxygen atoms in total. The predicted octanol–water partition coefficient (Wildman–Crippen LogP) is 2.62. The third-order valence-electron chi connectivity index (χ3n) is 2.09. The van der Waals surface area contributed by atoms with E-state index in [1.54, 1.807) is 0 Å². The summed E-state index contributed by atoms with van der Waals surface area (Å²) in [5, 5.41) is 0. The van der Waals surface area contributed by atoms with Crippen LogP contribution in [0.3, 0.4) is 0 Å². The third-order valence-corrected chi connectivity index (χ3v) is 2.09. The van der Waals surface area contributed by atoms with Crippen LogP contribution in [-0.4, -0.2) is 4.90 Å². The standard InChI is InChI=1S/C11H11N/c1-2-12-8-7-10-5-3-4-6-11(10)9-12/h2-8H,1,9H2. The molecule has 0 atom stereocenters. The van der Waals surface area contributed by atoms with E-state index in [2.05, 4.69) is 48.0 Å². The van der Waals surface area contributed by atoms with Gasteiger partial charge in [0.05, 0.1) is 0 Å². The van der Waals surface area contributed by atoms with E-state index in [9.17, 15) is 0 Å². The fourth-order valence-corrected chi connectivity index (χ4v) is 1.39. The molecule has 0 saturated carbocycles. The molecule has 0 radical (unpaired) electrons. The van der Waals surface area contributed by atoms with Crippen molar-refractivity contribution in [1.82, 2.24) is 4.90 Å². The molecule has 0 fully saturated rings. The van der Waals surface area contributed by atoms with Crippen molar-refractivity contribution in [1.29, 1.82) is 0 Å². The van der Waals surface area contributed by atoms with E-state index in [4.69, 9.17) is 0 Å². The second-order valence-electron chi connectivity index (χ2n) is 2.87. The molecule has 2 rings (SSSR count). The second-order valence-corrected chi connectivity index (χ2v) is 2.87. The van der Waals surface area contributed by atoms with Gasteiger partial charge in [-0.1, -0.05) is 30.8 Å². The summed E-state index contributed by atoms with van der Waals surface area (Å²) in [6.07, 6.45) is 6.00. The Morgan fingerprint density at radius 1 is 1.33 bits per heavy atom. The molecule has 0 saturated heterocycles. The minimum atomic E-state index is 0.941. The Morgan fingerprint density at radius 3 is 3.00 bits per heavy atom. The molecule has 0 bridgehead atoms. The molecule has 0 aliphatic carbocycles. The predicted molar refractivity (Wildman–Crippen MR) is 51.2 cm³/mol. The highest BCUT2D eigenvalue weighted by atomic mass is 15.1. The van der Waals surface area contributed by atoms with Crippen LogP contribution in [0, 0.1) is 0 Å². The smallest absolute Gasteiger partial charge is 0.0475 e. The van der Waals surface area contributed by atoms with E-state index in [0.717, 1.165) is 6.54 Å². The van der Waals surface area contributed by atoms with Gasteiger partial charge in [-0.2, -0.15) is 0 Å². The summed E-state index contributed by atoms with van der Waals surface area (Å²) in [6, 6.07) is 8.41. The van der Waals surface area contributed by atoms with Crippen LogP contribution in [0.4, 0.5) is 0 Å². The van der Waals surface area contributed by atoms with Crippen molar-refractivity contribution in [3.8, 4) is 0 Å². The number of hydrogen-bond acceptors (Lipinski definition) is 1. The van der Waals surface area contributed by atoms with Crippen LogP contribution in [0.25, 0.3) is 6.08 Å². The Hall–Kier alpha value is -1.50. The zero-order valence-electron chi connectivity index (χ0n) is 6.90. The van der Waals surface area contributed by atoms with Gasteiger partial charge in [-0.3, -0.25) is 0 Å². The molecule has 60 valence electrons. The molecule has 0 amide bonds. The van der Waals surface area contributed by atoms with E-state index in [-0.39, 0.29) is 0 Å². The first-order valence-corrected chi connectivity index (χ1v) is 4.04. The van der Waals surface area contributed by atoms with Crippen molar-refractivity contribution in [3.05, 3.63) is 54.4 Å². The summed E-state index contributed by atoms with van der Waals surface area (Å²) < 4.78 is 0. The van der Waals surface area contributed by atoms with Gasteiger partial charge in [0.2, 0.25) is 0 Å². The lowest BCUT2D eigenvalue weighted by molar-refractivity contribution is 0.499. The van der Waals surface area contributed by atoms with Gasteiger partial charge < -0.3 is 4.90 Å². The SMILES string of the molecule is C=CN1C=Cc2ccccc2C1. The van der Waals surface area contributed by atoms with Crippen molar-refractivity contribution < 1.29 is 0 Å². The minimum Gasteiger partial charge on any atom is -0.350 e. The van der Waals surface area contributed by atoms with Gasteiger partial charge in [0.25, 0.3) is 0 Å². The largest absolute Gasteiger partial charge is 0.350 e. The highest BCUT2D eigenvalue weighted by molar-refractivity contribution is 5.55. The van der Waals surface area contributed by atoms with Crippen molar-refractivity contribution in [3.63, 3.8) is 0 Å². The van der Waals surface area contributed by atoms with Gasteiger partial charge in [0.1, 0.15) is 0 Å². The fraction of sp³-hybridized carbons (Fsp3) is 0.0909. The van der Waals surface area contributed by atoms with Crippen molar-refractivity contribution in [2.45, 2.75) is 6.54 Å². The van der Waals surface area contributed by atoms with Crippen LogP contribution in [0.5, 0.6) is 0 Å². The maximum atomic E-state index is 3.73. The summed E-state index contributed by atoms with van der Waals surface area (Å²) in [5.41, 5.74) is 2.68. The molecule has 1 heterocycles. The summed E-state index contributed by atoms with van der Waals surface area (Å²) in [4.78, 5) is 2.07. The van der Waals surface area contributed by atoms with Crippen LogP contribution in [0.1, 0.15) is 11.1 Å². The molecule has 0 aromatic heterocycles. The third kappa shape index (κ3) is 1.14. The average Bonchev–Trinajstić information content (AvgIpc) is 2.17. The number of fused-ring (bicyclic) bond motifs is 1. The molecular weight excluding hydrogens is 146 g/mol. The van der Waals surface area contributed by atoms with Gasteiger partial charge >= 0.3 is 0 Å². The number of nitrogens with zero attached hydrogens (tertiary/aromatic N) is 1. The van der Waals surface area contributed by atoms with E-state index in [1.165, 1.54) is 11.1 Å². The molecule has 1 aliphatic rings. The molecule has 1 aliphatic heterocycles. The van der Waals surface area contributed by atoms with Gasteiger partial charge in [0.15, 0.2) is 0 Å². The van der Waals surface area contributed by atoms with E-state index < -0.39 is 0 Å². The number of benzene rings is 1. The fourth-order valence-electron chi connectivity index (χ4n) is 1.39. The molecular formula is C11H11N. The van der Waals surface area contributed by atoms with E-state index in [1.807, 2.05) is 6.20 Å². The van der Waals surface area contributed by atoms with Crippen LogP contribution < -0.4 is 0 Å². The van der Waals surface area contributed by atoms with Gasteiger partial charge in [-0.05, 0) is 23.4 Å². The topological polar surface area (TPSA) is 3.24 Å².